The number of nitrogens with two attached hydrogens (primary N) is 1. The number of benzene rings is 1. The van der Waals surface area contributed by atoms with Gasteiger partial charge in [-0.25, -0.2) is 0 Å². The average Bonchev–Trinajstić information content (AvgIpc) is 2.77. The zero-order valence-corrected chi connectivity index (χ0v) is 9.37. The van der Waals surface area contributed by atoms with Crippen molar-refractivity contribution in [2.75, 3.05) is 6.54 Å². The molecule has 1 aromatic heterocycles. The second-order valence-electron chi connectivity index (χ2n) is 3.76. The van der Waals surface area contributed by atoms with Crippen LogP contribution in [0.5, 0.6) is 0 Å². The van der Waals surface area contributed by atoms with E-state index in [2.05, 4.69) is 5.16 Å². The number of rotatable bonds is 3. The molecule has 3 nitrogen and oxygen atoms in total. The van der Waals surface area contributed by atoms with Gasteiger partial charge < -0.3 is 10.3 Å². The minimum atomic E-state index is -4.41. The standard InChI is InChI=1S/C12H11F3N2O/c13-12(14,15)10-4-2-1-3-9(10)11-7-8(5-6-16)18-17-11/h1-4,7H,5-6,16H2. The zero-order chi connectivity index (χ0) is 13.2. The quantitative estimate of drug-likeness (QED) is 0.918. The molecule has 0 radical (unpaired) electrons. The molecule has 0 amide bonds. The summed E-state index contributed by atoms with van der Waals surface area (Å²) in [6.07, 6.45) is -3.97. The van der Waals surface area contributed by atoms with E-state index in [0.717, 1.165) is 6.07 Å². The van der Waals surface area contributed by atoms with Crippen LogP contribution in [0, 0.1) is 0 Å². The first kappa shape index (κ1) is 12.6. The topological polar surface area (TPSA) is 52.0 Å². The molecule has 0 aliphatic heterocycles. The molecule has 2 aromatic rings. The average molecular weight is 256 g/mol. The van der Waals surface area contributed by atoms with Gasteiger partial charge in [0, 0.05) is 18.1 Å². The number of hydrogen-bond donors (Lipinski definition) is 1. The second kappa shape index (κ2) is 4.81. The van der Waals surface area contributed by atoms with Crippen molar-refractivity contribution in [2.24, 2.45) is 5.73 Å². The third kappa shape index (κ3) is 2.53. The van der Waals surface area contributed by atoms with Crippen molar-refractivity contribution in [3.63, 3.8) is 0 Å². The van der Waals surface area contributed by atoms with E-state index in [1.54, 1.807) is 0 Å². The molecule has 0 spiro atoms. The van der Waals surface area contributed by atoms with Crippen LogP contribution in [0.2, 0.25) is 0 Å². The van der Waals surface area contributed by atoms with Gasteiger partial charge in [-0.3, -0.25) is 0 Å². The van der Waals surface area contributed by atoms with Crippen LogP contribution in [0.3, 0.4) is 0 Å². The van der Waals surface area contributed by atoms with Gasteiger partial charge in [-0.1, -0.05) is 23.4 Å². The van der Waals surface area contributed by atoms with Gasteiger partial charge in [0.2, 0.25) is 0 Å². The van der Waals surface area contributed by atoms with Gasteiger partial charge in [-0.2, -0.15) is 13.2 Å². The summed E-state index contributed by atoms with van der Waals surface area (Å²) in [7, 11) is 0. The van der Waals surface area contributed by atoms with Gasteiger partial charge in [0.25, 0.3) is 0 Å². The Morgan fingerprint density at radius 2 is 1.94 bits per heavy atom. The Hall–Kier alpha value is -1.82. The van der Waals surface area contributed by atoms with Gasteiger partial charge in [-0.15, -0.1) is 0 Å². The van der Waals surface area contributed by atoms with Gasteiger partial charge in [0.05, 0.1) is 5.56 Å². The zero-order valence-electron chi connectivity index (χ0n) is 9.37. The van der Waals surface area contributed by atoms with Crippen molar-refractivity contribution in [1.29, 1.82) is 0 Å². The predicted octanol–water partition coefficient (Wildman–Crippen LogP) is 2.86. The van der Waals surface area contributed by atoms with Crippen LogP contribution in [-0.2, 0) is 12.6 Å². The molecule has 0 unspecified atom stereocenters. The fourth-order valence-electron chi connectivity index (χ4n) is 1.65. The Kier molecular flexibility index (Phi) is 3.38. The number of hydrogen-bond acceptors (Lipinski definition) is 3. The third-order valence-electron chi connectivity index (χ3n) is 2.46. The molecule has 96 valence electrons. The lowest BCUT2D eigenvalue weighted by molar-refractivity contribution is -0.137. The monoisotopic (exact) mass is 256 g/mol. The first-order chi connectivity index (χ1) is 8.52. The molecule has 0 saturated heterocycles. The molecule has 0 aliphatic carbocycles. The van der Waals surface area contributed by atoms with Crippen LogP contribution in [0.4, 0.5) is 13.2 Å². The third-order valence-corrected chi connectivity index (χ3v) is 2.46. The molecular weight excluding hydrogens is 245 g/mol. The van der Waals surface area contributed by atoms with E-state index < -0.39 is 11.7 Å². The molecule has 0 bridgehead atoms. The Morgan fingerprint density at radius 3 is 2.61 bits per heavy atom. The van der Waals surface area contributed by atoms with Crippen LogP contribution in [0.1, 0.15) is 11.3 Å². The summed E-state index contributed by atoms with van der Waals surface area (Å²) in [6, 6.07) is 6.74. The van der Waals surface area contributed by atoms with E-state index in [0.29, 0.717) is 18.7 Å². The van der Waals surface area contributed by atoms with E-state index in [9.17, 15) is 13.2 Å². The summed E-state index contributed by atoms with van der Waals surface area (Å²) in [6.45, 7) is 0.357. The maximum atomic E-state index is 12.8. The van der Waals surface area contributed by atoms with E-state index in [-0.39, 0.29) is 11.3 Å². The van der Waals surface area contributed by atoms with Crippen molar-refractivity contribution < 1.29 is 17.7 Å². The summed E-state index contributed by atoms with van der Waals surface area (Å²) < 4.78 is 43.4. The Bertz CT molecular complexity index is 534. The van der Waals surface area contributed by atoms with Crippen LogP contribution in [0.15, 0.2) is 34.9 Å². The molecular formula is C12H11F3N2O. The van der Waals surface area contributed by atoms with Crippen LogP contribution in [0.25, 0.3) is 11.3 Å². The van der Waals surface area contributed by atoms with Crippen molar-refractivity contribution in [3.8, 4) is 11.3 Å². The van der Waals surface area contributed by atoms with Crippen LogP contribution >= 0.6 is 0 Å². The van der Waals surface area contributed by atoms with Gasteiger partial charge in [0.1, 0.15) is 11.5 Å². The molecule has 1 aromatic carbocycles. The lowest BCUT2D eigenvalue weighted by Crippen LogP contribution is -2.06. The summed E-state index contributed by atoms with van der Waals surface area (Å²) in [4.78, 5) is 0. The van der Waals surface area contributed by atoms with Gasteiger partial charge in [0.15, 0.2) is 0 Å². The minimum Gasteiger partial charge on any atom is -0.361 e. The van der Waals surface area contributed by atoms with Gasteiger partial charge in [-0.05, 0) is 12.6 Å². The molecule has 6 heteroatoms. The first-order valence-corrected chi connectivity index (χ1v) is 5.34. The summed E-state index contributed by atoms with van der Waals surface area (Å²) >= 11 is 0. The van der Waals surface area contributed by atoms with Gasteiger partial charge >= 0.3 is 6.18 Å². The molecule has 2 N–H and O–H groups in total. The fourth-order valence-corrected chi connectivity index (χ4v) is 1.65. The smallest absolute Gasteiger partial charge is 0.361 e. The minimum absolute atomic E-state index is 0.0111. The van der Waals surface area contributed by atoms with E-state index in [1.807, 2.05) is 0 Å². The number of alkyl halides is 3. The molecule has 0 saturated carbocycles. The van der Waals surface area contributed by atoms with Crippen molar-refractivity contribution in [3.05, 3.63) is 41.7 Å². The predicted molar refractivity (Wildman–Crippen MR) is 59.7 cm³/mol. The highest BCUT2D eigenvalue weighted by molar-refractivity contribution is 5.64. The van der Waals surface area contributed by atoms with E-state index in [4.69, 9.17) is 10.3 Å². The molecule has 0 fully saturated rings. The molecule has 1 heterocycles. The molecule has 0 aliphatic rings. The molecule has 2 rings (SSSR count). The lowest BCUT2D eigenvalue weighted by atomic mass is 10.0. The van der Waals surface area contributed by atoms with Crippen LogP contribution in [-0.4, -0.2) is 11.7 Å². The first-order valence-electron chi connectivity index (χ1n) is 5.34. The maximum Gasteiger partial charge on any atom is 0.417 e. The Morgan fingerprint density at radius 1 is 1.22 bits per heavy atom. The molecule has 18 heavy (non-hydrogen) atoms. The van der Waals surface area contributed by atoms with Crippen molar-refractivity contribution >= 4 is 0 Å². The summed E-state index contributed by atoms with van der Waals surface area (Å²) in [5.74, 6) is 0.476. The lowest BCUT2D eigenvalue weighted by Gasteiger charge is -2.10. The number of aromatic nitrogens is 1. The van der Waals surface area contributed by atoms with Crippen molar-refractivity contribution in [2.45, 2.75) is 12.6 Å². The Balaban J connectivity index is 2.43. The highest BCUT2D eigenvalue weighted by atomic mass is 19.4. The molecule has 0 atom stereocenters. The normalized spacial score (nSPS) is 11.8. The number of nitrogens with zero attached hydrogens (tertiary/aromatic N) is 1. The summed E-state index contributed by atoms with van der Waals surface area (Å²) in [5, 5.41) is 3.65. The van der Waals surface area contributed by atoms with E-state index >= 15 is 0 Å². The SMILES string of the molecule is NCCc1cc(-c2ccccc2C(F)(F)F)no1. The number of halogens is 3. The van der Waals surface area contributed by atoms with Crippen LogP contribution < -0.4 is 5.73 Å². The van der Waals surface area contributed by atoms with Crippen molar-refractivity contribution in [1.82, 2.24) is 5.16 Å². The Labute approximate surface area is 101 Å². The largest absolute Gasteiger partial charge is 0.417 e. The van der Waals surface area contributed by atoms with E-state index in [1.165, 1.54) is 24.3 Å². The second-order valence-corrected chi connectivity index (χ2v) is 3.76. The highest BCUT2D eigenvalue weighted by Gasteiger charge is 2.33. The summed E-state index contributed by atoms with van der Waals surface area (Å²) in [5.41, 5.74) is 4.80. The highest BCUT2D eigenvalue weighted by Crippen LogP contribution is 2.36. The maximum absolute atomic E-state index is 12.8. The fraction of sp³-hybridized carbons (Fsp3) is 0.250.